The van der Waals surface area contributed by atoms with Crippen LogP contribution >= 0.6 is 0 Å². The molecule has 3 atom stereocenters. The minimum atomic E-state index is -0.960. The number of carboxylic acid groups (broad SMARTS) is 1. The van der Waals surface area contributed by atoms with E-state index in [1.807, 2.05) is 6.92 Å². The molecule has 2 saturated heterocycles. The first-order valence-electron chi connectivity index (χ1n) is 13.9. The van der Waals surface area contributed by atoms with Gasteiger partial charge in [-0.15, -0.1) is 0 Å². The number of ether oxygens (including phenoxy) is 2. The lowest BCUT2D eigenvalue weighted by atomic mass is 10.0. The molecule has 41 heavy (non-hydrogen) atoms. The molecule has 12 heteroatoms. The van der Waals surface area contributed by atoms with Crippen molar-refractivity contribution >= 4 is 17.7 Å². The number of nitriles is 1. The number of anilines is 1. The van der Waals surface area contributed by atoms with Crippen LogP contribution in [0.15, 0.2) is 30.3 Å². The minimum Gasteiger partial charge on any atom is -0.474 e. The maximum atomic E-state index is 13.8. The molecule has 11 nitrogen and oxygen atoms in total. The Bertz CT molecular complexity index is 1320. The number of carbonyl (C=O) groups excluding carboxylic acids is 1. The summed E-state index contributed by atoms with van der Waals surface area (Å²) in [7, 11) is 0. The molecule has 218 valence electrons. The first-order valence-corrected chi connectivity index (χ1v) is 13.9. The van der Waals surface area contributed by atoms with E-state index in [0.29, 0.717) is 57.1 Å². The molecule has 1 aromatic carbocycles. The Balaban J connectivity index is 1.37. The fourth-order valence-electron chi connectivity index (χ4n) is 5.80. The van der Waals surface area contributed by atoms with Crippen molar-refractivity contribution in [3.05, 3.63) is 53.0 Å². The number of rotatable bonds is 6. The van der Waals surface area contributed by atoms with Crippen LogP contribution in [0.2, 0.25) is 0 Å². The van der Waals surface area contributed by atoms with Crippen LogP contribution in [0.4, 0.5) is 14.9 Å². The lowest BCUT2D eigenvalue weighted by molar-refractivity contribution is -0.122. The number of pyridine rings is 1. The number of halogens is 1. The number of carbonyl (C=O) groups is 2. The number of piperazine rings is 1. The average molecular weight is 567 g/mol. The highest BCUT2D eigenvalue weighted by Crippen LogP contribution is 2.33. The van der Waals surface area contributed by atoms with Crippen molar-refractivity contribution in [2.75, 3.05) is 64.0 Å². The number of nitrogens with zero attached hydrogens (tertiary/aromatic N) is 6. The third-order valence-corrected chi connectivity index (χ3v) is 8.10. The molecule has 0 bridgehead atoms. The summed E-state index contributed by atoms with van der Waals surface area (Å²) in [5.41, 5.74) is 2.11. The second kappa shape index (κ2) is 12.4. The van der Waals surface area contributed by atoms with Crippen molar-refractivity contribution in [2.24, 2.45) is 0 Å². The molecule has 1 unspecified atom stereocenters. The molecule has 0 spiro atoms. The zero-order valence-electron chi connectivity index (χ0n) is 23.3. The third kappa shape index (κ3) is 6.43. The summed E-state index contributed by atoms with van der Waals surface area (Å²) in [6.45, 7) is 7.98. The van der Waals surface area contributed by atoms with Crippen LogP contribution in [-0.2, 0) is 16.0 Å². The molecule has 2 amide bonds. The van der Waals surface area contributed by atoms with Gasteiger partial charge in [-0.3, -0.25) is 14.6 Å². The Hall–Kier alpha value is -3.79. The summed E-state index contributed by atoms with van der Waals surface area (Å²) >= 11 is 0. The summed E-state index contributed by atoms with van der Waals surface area (Å²) in [4.78, 5) is 37.7. The molecule has 1 N–H and O–H groups in total. The van der Waals surface area contributed by atoms with Gasteiger partial charge in [0.2, 0.25) is 11.8 Å². The number of benzene rings is 1. The van der Waals surface area contributed by atoms with E-state index in [2.05, 4.69) is 27.8 Å². The van der Waals surface area contributed by atoms with Crippen LogP contribution in [0.5, 0.6) is 5.88 Å². The zero-order chi connectivity index (χ0) is 29.1. The molecule has 3 aliphatic heterocycles. The van der Waals surface area contributed by atoms with Gasteiger partial charge in [-0.2, -0.15) is 5.26 Å². The molecule has 4 heterocycles. The number of aromatic nitrogens is 1. The van der Waals surface area contributed by atoms with E-state index in [-0.39, 0.29) is 54.6 Å². The van der Waals surface area contributed by atoms with Crippen LogP contribution < -0.4 is 9.64 Å². The Labute approximate surface area is 238 Å². The fraction of sp³-hybridized carbons (Fsp3) is 0.517. The van der Waals surface area contributed by atoms with Crippen LogP contribution in [-0.4, -0.2) is 114 Å². The van der Waals surface area contributed by atoms with E-state index in [4.69, 9.17) is 9.47 Å². The molecular weight excluding hydrogens is 531 g/mol. The predicted molar refractivity (Wildman–Crippen MR) is 147 cm³/mol. The first-order chi connectivity index (χ1) is 19.7. The summed E-state index contributed by atoms with van der Waals surface area (Å²) in [6, 6.07) is 9.68. The molecule has 2 fully saturated rings. The Morgan fingerprint density at radius 3 is 2.61 bits per heavy atom. The quantitative estimate of drug-likeness (QED) is 0.561. The maximum Gasteiger partial charge on any atom is 0.407 e. The smallest absolute Gasteiger partial charge is 0.407 e. The van der Waals surface area contributed by atoms with Crippen LogP contribution in [0.1, 0.15) is 30.7 Å². The van der Waals surface area contributed by atoms with Gasteiger partial charge in [-0.25, -0.2) is 14.2 Å². The summed E-state index contributed by atoms with van der Waals surface area (Å²) in [6.07, 6.45) is -0.612. The highest BCUT2D eigenvalue weighted by Gasteiger charge is 2.38. The van der Waals surface area contributed by atoms with Gasteiger partial charge in [0.15, 0.2) is 0 Å². The fourth-order valence-corrected chi connectivity index (χ4v) is 5.80. The lowest BCUT2D eigenvalue weighted by Gasteiger charge is -2.47. The minimum absolute atomic E-state index is 0.105. The van der Waals surface area contributed by atoms with Crippen molar-refractivity contribution in [3.63, 3.8) is 0 Å². The Morgan fingerprint density at radius 2 is 1.90 bits per heavy atom. The first kappa shape index (κ1) is 28.7. The molecule has 0 aliphatic carbocycles. The highest BCUT2D eigenvalue weighted by molar-refractivity contribution is 5.96. The predicted octanol–water partition coefficient (Wildman–Crippen LogP) is 2.18. The third-order valence-electron chi connectivity index (χ3n) is 8.10. The van der Waals surface area contributed by atoms with E-state index < -0.39 is 6.09 Å². The number of hydrogen-bond donors (Lipinski definition) is 1. The topological polar surface area (TPSA) is 122 Å². The number of amides is 2. The van der Waals surface area contributed by atoms with E-state index in [1.54, 1.807) is 23.1 Å². The van der Waals surface area contributed by atoms with E-state index in [9.17, 15) is 24.3 Å². The molecule has 0 radical (unpaired) electrons. The average Bonchev–Trinajstić information content (AvgIpc) is 2.95. The van der Waals surface area contributed by atoms with Gasteiger partial charge in [-0.05, 0) is 43.2 Å². The van der Waals surface area contributed by atoms with Gasteiger partial charge < -0.3 is 24.4 Å². The van der Waals surface area contributed by atoms with E-state index in [0.717, 1.165) is 12.1 Å². The Kier molecular flexibility index (Phi) is 8.68. The summed E-state index contributed by atoms with van der Waals surface area (Å²) < 4.78 is 24.7. The van der Waals surface area contributed by atoms with Crippen molar-refractivity contribution in [1.82, 2.24) is 19.7 Å². The maximum absolute atomic E-state index is 13.8. The molecule has 0 saturated carbocycles. The molecule has 5 rings (SSSR count). The van der Waals surface area contributed by atoms with Gasteiger partial charge in [0.1, 0.15) is 29.9 Å². The number of fused-ring (bicyclic) bond motifs is 1. The molecule has 1 aromatic heterocycles. The normalized spacial score (nSPS) is 23.4. The van der Waals surface area contributed by atoms with Crippen molar-refractivity contribution in [1.29, 1.82) is 5.26 Å². The van der Waals surface area contributed by atoms with Crippen molar-refractivity contribution in [2.45, 2.75) is 38.4 Å². The largest absolute Gasteiger partial charge is 0.474 e. The highest BCUT2D eigenvalue weighted by atomic mass is 19.1. The van der Waals surface area contributed by atoms with Crippen molar-refractivity contribution in [3.8, 4) is 11.9 Å². The van der Waals surface area contributed by atoms with Crippen molar-refractivity contribution < 1.29 is 28.6 Å². The van der Waals surface area contributed by atoms with Crippen LogP contribution in [0, 0.1) is 17.1 Å². The zero-order valence-corrected chi connectivity index (χ0v) is 23.3. The summed E-state index contributed by atoms with van der Waals surface area (Å²) in [5, 5.41) is 19.5. The standard InChI is InChI=1S/C29H35FN6O5/c1-19-14-34(24(16-36(19)29(38)39)15-33-7-9-40-18-20(33)2)17-27(37)35-8-10-41-28-26(35)12-22(25(13-31)32-28)11-21-3-5-23(30)6-4-21/h3-6,12,19-20,24H,7-11,14-18H2,1-2H3,(H,38,39)/t19-,20?,24+/m1/s1. The van der Waals surface area contributed by atoms with Gasteiger partial charge in [0, 0.05) is 50.7 Å². The van der Waals surface area contributed by atoms with Gasteiger partial charge >= 0.3 is 6.09 Å². The lowest BCUT2D eigenvalue weighted by Crippen LogP contribution is -2.64. The van der Waals surface area contributed by atoms with E-state index in [1.165, 1.54) is 17.0 Å². The molecule has 3 aliphatic rings. The second-order valence-electron chi connectivity index (χ2n) is 10.9. The molecule has 2 aromatic rings. The Morgan fingerprint density at radius 1 is 1.12 bits per heavy atom. The van der Waals surface area contributed by atoms with E-state index >= 15 is 0 Å². The second-order valence-corrected chi connectivity index (χ2v) is 10.9. The van der Waals surface area contributed by atoms with Crippen LogP contribution in [0.3, 0.4) is 0 Å². The monoisotopic (exact) mass is 566 g/mol. The van der Waals surface area contributed by atoms with Gasteiger partial charge in [0.25, 0.3) is 0 Å². The van der Waals surface area contributed by atoms with Crippen LogP contribution in [0.25, 0.3) is 0 Å². The molecular formula is C29H35FN6O5. The number of hydrogen-bond acceptors (Lipinski definition) is 8. The van der Waals surface area contributed by atoms with Gasteiger partial charge in [0.05, 0.1) is 26.3 Å². The SMILES string of the molecule is CC1COCCN1C[C@H]1CN(C(=O)O)[C@H](C)CN1CC(=O)N1CCOc2nc(C#N)c(Cc3ccc(F)cc3)cc21. The summed E-state index contributed by atoms with van der Waals surface area (Å²) in [5.74, 6) is -0.264. The van der Waals surface area contributed by atoms with Gasteiger partial charge in [-0.1, -0.05) is 12.1 Å². The number of morpholine rings is 1.